The van der Waals surface area contributed by atoms with Crippen LogP contribution in [-0.2, 0) is 6.42 Å². The van der Waals surface area contributed by atoms with Crippen molar-refractivity contribution >= 4 is 5.78 Å². The number of ketones is 1. The quantitative estimate of drug-likeness (QED) is 0.816. The minimum atomic E-state index is -0.578. The number of carbonyl (C=O) groups is 1. The van der Waals surface area contributed by atoms with E-state index in [4.69, 9.17) is 5.26 Å². The zero-order valence-electron chi connectivity index (χ0n) is 9.10. The Morgan fingerprint density at radius 1 is 1.62 bits per heavy atom. The number of Topliss-reactive ketones (excluding diaryl/α,β-unsaturated/α-hetero) is 1. The molecule has 1 aliphatic carbocycles. The number of aliphatic hydroxyl groups excluding tert-OH is 1. The van der Waals surface area contributed by atoms with E-state index in [2.05, 4.69) is 0 Å². The molecule has 0 aromatic heterocycles. The maximum Gasteiger partial charge on any atom is 0.169 e. The molecule has 2 unspecified atom stereocenters. The first-order chi connectivity index (χ1) is 7.67. The number of aliphatic hydroxyl groups is 1. The second-order valence-electron chi connectivity index (χ2n) is 4.13. The van der Waals surface area contributed by atoms with Crippen LogP contribution in [0.2, 0.25) is 0 Å². The van der Waals surface area contributed by atoms with Gasteiger partial charge in [0, 0.05) is 5.56 Å². The normalized spacial score (nSPS) is 20.3. The van der Waals surface area contributed by atoms with E-state index in [1.807, 2.05) is 19.1 Å². The van der Waals surface area contributed by atoms with Gasteiger partial charge in [0.2, 0.25) is 0 Å². The third kappa shape index (κ3) is 1.62. The van der Waals surface area contributed by atoms with Crippen molar-refractivity contribution in [3.8, 4) is 6.07 Å². The van der Waals surface area contributed by atoms with Gasteiger partial charge in [0.05, 0.1) is 23.7 Å². The maximum atomic E-state index is 12.0. The summed E-state index contributed by atoms with van der Waals surface area (Å²) in [4.78, 5) is 12.0. The van der Waals surface area contributed by atoms with Crippen LogP contribution >= 0.6 is 0 Å². The third-order valence-electron chi connectivity index (χ3n) is 3.16. The summed E-state index contributed by atoms with van der Waals surface area (Å²) >= 11 is 0. The van der Waals surface area contributed by atoms with Crippen molar-refractivity contribution < 1.29 is 9.90 Å². The van der Waals surface area contributed by atoms with E-state index in [1.54, 1.807) is 12.1 Å². The second-order valence-corrected chi connectivity index (χ2v) is 4.13. The van der Waals surface area contributed by atoms with Gasteiger partial charge in [-0.3, -0.25) is 4.79 Å². The summed E-state index contributed by atoms with van der Waals surface area (Å²) in [6.07, 6.45) is 0.593. The van der Waals surface area contributed by atoms with Gasteiger partial charge in [0.1, 0.15) is 0 Å². The Morgan fingerprint density at radius 3 is 3.00 bits per heavy atom. The van der Waals surface area contributed by atoms with Crippen molar-refractivity contribution in [3.05, 3.63) is 34.9 Å². The van der Waals surface area contributed by atoms with Crippen molar-refractivity contribution in [2.45, 2.75) is 25.9 Å². The molecule has 0 fully saturated rings. The van der Waals surface area contributed by atoms with Gasteiger partial charge < -0.3 is 5.11 Å². The molecule has 1 N–H and O–H groups in total. The second kappa shape index (κ2) is 4.07. The van der Waals surface area contributed by atoms with E-state index in [9.17, 15) is 9.90 Å². The lowest BCUT2D eigenvalue weighted by Gasteiger charge is -2.13. The van der Waals surface area contributed by atoms with E-state index < -0.39 is 6.10 Å². The number of hydrogen-bond acceptors (Lipinski definition) is 3. The summed E-state index contributed by atoms with van der Waals surface area (Å²) < 4.78 is 0. The van der Waals surface area contributed by atoms with Crippen LogP contribution in [0.3, 0.4) is 0 Å². The highest BCUT2D eigenvalue weighted by Gasteiger charge is 2.34. The molecule has 1 aromatic carbocycles. The fraction of sp³-hybridized carbons (Fsp3) is 0.385. The van der Waals surface area contributed by atoms with Gasteiger partial charge in [-0.05, 0) is 30.5 Å². The van der Waals surface area contributed by atoms with Crippen LogP contribution in [0.15, 0.2) is 18.2 Å². The molecule has 1 aromatic rings. The summed E-state index contributed by atoms with van der Waals surface area (Å²) in [7, 11) is 0. The number of fused-ring (bicyclic) bond motifs is 1. The van der Waals surface area contributed by atoms with E-state index >= 15 is 0 Å². The van der Waals surface area contributed by atoms with E-state index in [-0.39, 0.29) is 11.7 Å². The van der Waals surface area contributed by atoms with Crippen molar-refractivity contribution in [3.63, 3.8) is 0 Å². The number of hydrogen-bond donors (Lipinski definition) is 1. The molecular weight excluding hydrogens is 202 g/mol. The van der Waals surface area contributed by atoms with Gasteiger partial charge in [0.15, 0.2) is 5.78 Å². The molecule has 0 bridgehead atoms. The highest BCUT2D eigenvalue weighted by molar-refractivity contribution is 6.02. The van der Waals surface area contributed by atoms with Gasteiger partial charge in [-0.2, -0.15) is 5.26 Å². The average Bonchev–Trinajstić information content (AvgIpc) is 2.65. The Labute approximate surface area is 94.3 Å². The number of carbonyl (C=O) groups excluding carboxylic acids is 1. The lowest BCUT2D eigenvalue weighted by Crippen LogP contribution is -2.24. The summed E-state index contributed by atoms with van der Waals surface area (Å²) in [5.41, 5.74) is 2.05. The molecule has 0 saturated carbocycles. The molecule has 0 saturated heterocycles. The predicted octanol–water partition coefficient (Wildman–Crippen LogP) is 1.68. The van der Waals surface area contributed by atoms with Crippen LogP contribution in [-0.4, -0.2) is 17.0 Å². The van der Waals surface area contributed by atoms with Crippen molar-refractivity contribution in [1.29, 1.82) is 5.26 Å². The summed E-state index contributed by atoms with van der Waals surface area (Å²) in [5, 5.41) is 18.5. The summed E-state index contributed by atoms with van der Waals surface area (Å²) in [6, 6.07) is 7.17. The molecule has 2 atom stereocenters. The maximum absolute atomic E-state index is 12.0. The molecule has 0 radical (unpaired) electrons. The molecule has 2 rings (SSSR count). The van der Waals surface area contributed by atoms with Crippen LogP contribution in [0, 0.1) is 17.2 Å². The van der Waals surface area contributed by atoms with E-state index in [0.717, 1.165) is 5.56 Å². The van der Waals surface area contributed by atoms with Gasteiger partial charge >= 0.3 is 0 Å². The Hall–Kier alpha value is -1.66. The minimum Gasteiger partial charge on any atom is -0.392 e. The van der Waals surface area contributed by atoms with Crippen LogP contribution in [0.1, 0.15) is 34.8 Å². The Kier molecular flexibility index (Phi) is 2.76. The zero-order chi connectivity index (χ0) is 11.7. The van der Waals surface area contributed by atoms with Gasteiger partial charge in [-0.15, -0.1) is 0 Å². The zero-order valence-corrected chi connectivity index (χ0v) is 9.10. The van der Waals surface area contributed by atoms with E-state index in [1.165, 1.54) is 0 Å². The van der Waals surface area contributed by atoms with Crippen LogP contribution in [0.25, 0.3) is 0 Å². The fourth-order valence-electron chi connectivity index (χ4n) is 2.18. The largest absolute Gasteiger partial charge is 0.392 e. The first-order valence-corrected chi connectivity index (χ1v) is 5.42. The fourth-order valence-corrected chi connectivity index (χ4v) is 2.18. The smallest absolute Gasteiger partial charge is 0.169 e. The third-order valence-corrected chi connectivity index (χ3v) is 3.16. The Bertz CT molecular complexity index is 473. The molecule has 1 aliphatic rings. The molecule has 0 amide bonds. The molecule has 82 valence electrons. The molecule has 0 spiro atoms. The number of benzene rings is 1. The Balaban J connectivity index is 2.36. The lowest BCUT2D eigenvalue weighted by molar-refractivity contribution is 0.0700. The van der Waals surface area contributed by atoms with E-state index in [0.29, 0.717) is 24.0 Å². The van der Waals surface area contributed by atoms with Crippen molar-refractivity contribution in [1.82, 2.24) is 0 Å². The van der Waals surface area contributed by atoms with Crippen LogP contribution in [0.5, 0.6) is 0 Å². The first kappa shape index (κ1) is 10.8. The molecule has 0 heterocycles. The lowest BCUT2D eigenvalue weighted by atomic mass is 9.96. The topological polar surface area (TPSA) is 61.1 Å². The number of nitrogens with zero attached hydrogens (tertiary/aromatic N) is 1. The highest BCUT2D eigenvalue weighted by atomic mass is 16.3. The van der Waals surface area contributed by atoms with Gasteiger partial charge in [0.25, 0.3) is 0 Å². The molecule has 0 aliphatic heterocycles. The summed E-state index contributed by atoms with van der Waals surface area (Å²) in [5.74, 6) is -0.351. The van der Waals surface area contributed by atoms with Crippen LogP contribution in [0.4, 0.5) is 0 Å². The number of nitriles is 1. The average molecular weight is 215 g/mol. The minimum absolute atomic E-state index is 0.0264. The molecule has 3 heteroatoms. The first-order valence-electron chi connectivity index (χ1n) is 5.42. The molecule has 3 nitrogen and oxygen atoms in total. The highest BCUT2D eigenvalue weighted by Crippen LogP contribution is 2.30. The monoisotopic (exact) mass is 215 g/mol. The summed E-state index contributed by atoms with van der Waals surface area (Å²) in [6.45, 7) is 1.86. The van der Waals surface area contributed by atoms with Crippen molar-refractivity contribution in [2.24, 2.45) is 5.92 Å². The SMILES string of the molecule is CCC(O)C1Cc2ccc(C#N)cc2C1=O. The van der Waals surface area contributed by atoms with Crippen molar-refractivity contribution in [2.75, 3.05) is 0 Å². The van der Waals surface area contributed by atoms with Gasteiger partial charge in [-0.1, -0.05) is 13.0 Å². The predicted molar refractivity (Wildman–Crippen MR) is 59.0 cm³/mol. The van der Waals surface area contributed by atoms with Gasteiger partial charge in [-0.25, -0.2) is 0 Å². The molecule has 16 heavy (non-hydrogen) atoms. The Morgan fingerprint density at radius 2 is 2.38 bits per heavy atom. The standard InChI is InChI=1S/C13H13NO2/c1-2-12(15)11-6-9-4-3-8(7-14)5-10(9)13(11)16/h3-5,11-12,15H,2,6H2,1H3. The number of rotatable bonds is 2. The molecular formula is C13H13NO2. The van der Waals surface area contributed by atoms with Crippen LogP contribution < -0.4 is 0 Å².